The summed E-state index contributed by atoms with van der Waals surface area (Å²) in [5.41, 5.74) is 0. The molecule has 0 aromatic rings. The summed E-state index contributed by atoms with van der Waals surface area (Å²) in [6.45, 7) is 3.94. The number of halogens is 3. The summed E-state index contributed by atoms with van der Waals surface area (Å²) in [7, 11) is 0. The maximum atomic E-state index is 12.5. The quantitative estimate of drug-likeness (QED) is 0.723. The average Bonchev–Trinajstić information content (AvgIpc) is 2.26. The maximum Gasteiger partial charge on any atom is 0.393 e. The first-order chi connectivity index (χ1) is 7.36. The molecule has 1 saturated heterocycles. The van der Waals surface area contributed by atoms with Crippen LogP contribution < -0.4 is 0 Å². The average molecular weight is 237 g/mol. The molecule has 1 rings (SSSR count). The molecule has 0 spiro atoms. The van der Waals surface area contributed by atoms with Crippen molar-refractivity contribution < 1.29 is 18.0 Å². The first-order valence-corrected chi connectivity index (χ1v) is 5.71. The molecule has 2 nitrogen and oxygen atoms in total. The number of amides is 1. The summed E-state index contributed by atoms with van der Waals surface area (Å²) in [6.07, 6.45) is -2.90. The molecule has 1 heterocycles. The van der Waals surface area contributed by atoms with E-state index >= 15 is 0 Å². The number of rotatable bonds is 2. The van der Waals surface area contributed by atoms with Crippen LogP contribution in [0.5, 0.6) is 0 Å². The second-order valence-electron chi connectivity index (χ2n) is 4.47. The van der Waals surface area contributed by atoms with Crippen LogP contribution in [0.4, 0.5) is 13.2 Å². The summed E-state index contributed by atoms with van der Waals surface area (Å²) in [4.78, 5) is 13.1. The summed E-state index contributed by atoms with van der Waals surface area (Å²) >= 11 is 0. The molecule has 1 aliphatic heterocycles. The van der Waals surface area contributed by atoms with Gasteiger partial charge in [0.1, 0.15) is 0 Å². The molecule has 94 valence electrons. The highest BCUT2D eigenvalue weighted by Crippen LogP contribution is 2.33. The number of piperidine rings is 1. The molecule has 1 aliphatic rings. The number of likely N-dealkylation sites (tertiary alicyclic amines) is 1. The van der Waals surface area contributed by atoms with Gasteiger partial charge in [0.05, 0.1) is 5.92 Å². The van der Waals surface area contributed by atoms with Crippen LogP contribution in [0.2, 0.25) is 0 Å². The highest BCUT2D eigenvalue weighted by molar-refractivity contribution is 5.78. The second-order valence-corrected chi connectivity index (χ2v) is 4.47. The van der Waals surface area contributed by atoms with Gasteiger partial charge in [0.15, 0.2) is 0 Å². The highest BCUT2D eigenvalue weighted by atomic mass is 19.4. The fourth-order valence-corrected chi connectivity index (χ4v) is 1.93. The van der Waals surface area contributed by atoms with Crippen molar-refractivity contribution in [2.24, 2.45) is 11.8 Å². The second kappa shape index (κ2) is 5.06. The van der Waals surface area contributed by atoms with Gasteiger partial charge in [0.2, 0.25) is 5.91 Å². The van der Waals surface area contributed by atoms with Crippen LogP contribution in [-0.4, -0.2) is 30.1 Å². The van der Waals surface area contributed by atoms with Gasteiger partial charge in [-0.2, -0.15) is 13.2 Å². The number of nitrogens with zero attached hydrogens (tertiary/aromatic N) is 1. The fourth-order valence-electron chi connectivity index (χ4n) is 1.93. The van der Waals surface area contributed by atoms with Crippen molar-refractivity contribution in [3.63, 3.8) is 0 Å². The Hall–Kier alpha value is -0.740. The zero-order valence-corrected chi connectivity index (χ0v) is 9.68. The fraction of sp³-hybridized carbons (Fsp3) is 0.909. The zero-order valence-electron chi connectivity index (χ0n) is 9.68. The molecule has 1 fully saturated rings. The number of carbonyl (C=O) groups excluding carboxylic acids is 1. The monoisotopic (exact) mass is 237 g/mol. The third-order valence-electron chi connectivity index (χ3n) is 3.23. The van der Waals surface area contributed by atoms with Crippen LogP contribution >= 0.6 is 0 Å². The van der Waals surface area contributed by atoms with Crippen LogP contribution in [0.3, 0.4) is 0 Å². The molecular formula is C11H18F3NO. The van der Waals surface area contributed by atoms with Crippen molar-refractivity contribution >= 4 is 5.91 Å². The Labute approximate surface area is 93.8 Å². The molecule has 2 unspecified atom stereocenters. The Kier molecular flexibility index (Phi) is 4.21. The standard InChI is InChI=1S/C11H18F3NO/c1-3-8(2)10(16)15-6-4-5-9(7-15)11(12,13)14/h8-9H,3-7H2,1-2H3. The molecule has 16 heavy (non-hydrogen) atoms. The molecule has 5 heteroatoms. The first-order valence-electron chi connectivity index (χ1n) is 5.71. The molecule has 1 amide bonds. The number of alkyl halides is 3. The van der Waals surface area contributed by atoms with E-state index in [2.05, 4.69) is 0 Å². The van der Waals surface area contributed by atoms with Crippen molar-refractivity contribution in [1.82, 2.24) is 4.90 Å². The molecule has 2 atom stereocenters. The largest absolute Gasteiger partial charge is 0.393 e. The van der Waals surface area contributed by atoms with E-state index in [1.165, 1.54) is 4.90 Å². The van der Waals surface area contributed by atoms with Crippen molar-refractivity contribution in [2.45, 2.75) is 39.3 Å². The van der Waals surface area contributed by atoms with Crippen molar-refractivity contribution in [1.29, 1.82) is 0 Å². The van der Waals surface area contributed by atoms with Gasteiger partial charge in [-0.05, 0) is 19.3 Å². The Morgan fingerprint density at radius 3 is 2.62 bits per heavy atom. The Morgan fingerprint density at radius 2 is 2.12 bits per heavy atom. The highest BCUT2D eigenvalue weighted by Gasteiger charge is 2.42. The lowest BCUT2D eigenvalue weighted by molar-refractivity contribution is -0.188. The molecule has 0 aromatic heterocycles. The normalized spacial score (nSPS) is 24.3. The minimum Gasteiger partial charge on any atom is -0.342 e. The molecule has 0 saturated carbocycles. The predicted molar refractivity (Wildman–Crippen MR) is 54.8 cm³/mol. The van der Waals surface area contributed by atoms with Crippen molar-refractivity contribution in [3.05, 3.63) is 0 Å². The molecule has 0 bridgehead atoms. The van der Waals surface area contributed by atoms with Crippen LogP contribution in [0, 0.1) is 11.8 Å². The minimum atomic E-state index is -4.17. The van der Waals surface area contributed by atoms with Crippen LogP contribution in [0.1, 0.15) is 33.1 Å². The number of hydrogen-bond donors (Lipinski definition) is 0. The van der Waals surface area contributed by atoms with Gasteiger partial charge in [-0.25, -0.2) is 0 Å². The lowest BCUT2D eigenvalue weighted by Gasteiger charge is -2.35. The SMILES string of the molecule is CCC(C)C(=O)N1CCCC(C(F)(F)F)C1. The molecular weight excluding hydrogens is 219 g/mol. The summed E-state index contributed by atoms with van der Waals surface area (Å²) in [6, 6.07) is 0. The van der Waals surface area contributed by atoms with Crippen LogP contribution in [-0.2, 0) is 4.79 Å². The summed E-state index contributed by atoms with van der Waals surface area (Å²) in [5, 5.41) is 0. The van der Waals surface area contributed by atoms with Crippen molar-refractivity contribution in [2.75, 3.05) is 13.1 Å². The van der Waals surface area contributed by atoms with E-state index in [0.29, 0.717) is 19.4 Å². The third kappa shape index (κ3) is 3.12. The van der Waals surface area contributed by atoms with E-state index in [9.17, 15) is 18.0 Å². The van der Waals surface area contributed by atoms with Gasteiger partial charge < -0.3 is 4.90 Å². The smallest absolute Gasteiger partial charge is 0.342 e. The van der Waals surface area contributed by atoms with Gasteiger partial charge in [-0.3, -0.25) is 4.79 Å². The Morgan fingerprint density at radius 1 is 1.50 bits per heavy atom. The third-order valence-corrected chi connectivity index (χ3v) is 3.23. The van der Waals surface area contributed by atoms with Gasteiger partial charge in [0.25, 0.3) is 0 Å². The first kappa shape index (κ1) is 13.3. The molecule has 0 aromatic carbocycles. The summed E-state index contributed by atoms with van der Waals surface area (Å²) in [5.74, 6) is -1.65. The molecule has 0 radical (unpaired) electrons. The lowest BCUT2D eigenvalue weighted by Crippen LogP contribution is -2.46. The van der Waals surface area contributed by atoms with Crippen LogP contribution in [0.15, 0.2) is 0 Å². The van der Waals surface area contributed by atoms with E-state index in [-0.39, 0.29) is 24.8 Å². The van der Waals surface area contributed by atoms with E-state index in [4.69, 9.17) is 0 Å². The van der Waals surface area contributed by atoms with Crippen LogP contribution in [0.25, 0.3) is 0 Å². The maximum absolute atomic E-state index is 12.5. The van der Waals surface area contributed by atoms with Crippen molar-refractivity contribution in [3.8, 4) is 0 Å². The Bertz CT molecular complexity index is 252. The summed E-state index contributed by atoms with van der Waals surface area (Å²) < 4.78 is 37.6. The van der Waals surface area contributed by atoms with Gasteiger partial charge >= 0.3 is 6.18 Å². The topological polar surface area (TPSA) is 20.3 Å². The van der Waals surface area contributed by atoms with E-state index in [0.717, 1.165) is 0 Å². The van der Waals surface area contributed by atoms with Gasteiger partial charge in [0, 0.05) is 19.0 Å². The van der Waals surface area contributed by atoms with Gasteiger partial charge in [-0.1, -0.05) is 13.8 Å². The predicted octanol–water partition coefficient (Wildman–Crippen LogP) is 2.83. The number of hydrogen-bond acceptors (Lipinski definition) is 1. The lowest BCUT2D eigenvalue weighted by atomic mass is 9.96. The van der Waals surface area contributed by atoms with E-state index in [1.807, 2.05) is 6.92 Å². The Balaban J connectivity index is 2.60. The number of carbonyl (C=O) groups is 1. The zero-order chi connectivity index (χ0) is 12.3. The van der Waals surface area contributed by atoms with E-state index < -0.39 is 12.1 Å². The van der Waals surface area contributed by atoms with E-state index in [1.54, 1.807) is 6.92 Å². The minimum absolute atomic E-state index is 0.142. The molecule has 0 N–H and O–H groups in total. The molecule has 0 aliphatic carbocycles. The van der Waals surface area contributed by atoms with Gasteiger partial charge in [-0.15, -0.1) is 0 Å².